The third-order valence-electron chi connectivity index (χ3n) is 17.3. The molecule has 0 spiro atoms. The van der Waals surface area contributed by atoms with Crippen molar-refractivity contribution in [1.82, 2.24) is 0 Å². The summed E-state index contributed by atoms with van der Waals surface area (Å²) < 4.78 is 0. The number of nitrogens with zero attached hydrogens (tertiary/aromatic N) is 2. The smallest absolute Gasteiger partial charge is 0.252 e. The third-order valence-corrected chi connectivity index (χ3v) is 17.3. The number of benzene rings is 6. The SMILES string of the molecule is Cc1cc2c3c(c1)N(c1ccc(C(C)(C)C)cc1-c1ccc(C(C)(C)C)cc1)c1ccc(C(C)(C)C)cc1B3c1cc3c(cc1N2c1ccc2c(c1)C(C)(C)CCC2(C)C)C(C)(C)CCC3(C)C. The van der Waals surface area contributed by atoms with E-state index in [1.54, 1.807) is 0 Å². The fourth-order valence-corrected chi connectivity index (χ4v) is 12.5. The van der Waals surface area contributed by atoms with E-state index < -0.39 is 0 Å². The molecule has 6 aromatic rings. The first-order chi connectivity index (χ1) is 31.5. The number of anilines is 6. The summed E-state index contributed by atoms with van der Waals surface area (Å²) >= 11 is 0. The molecule has 0 unspecified atom stereocenters. The maximum atomic E-state index is 2.71. The molecule has 0 fully saturated rings. The molecular formula is C65H79BN2. The topological polar surface area (TPSA) is 6.48 Å². The molecule has 3 heteroatoms. The van der Waals surface area contributed by atoms with Crippen LogP contribution < -0.4 is 26.2 Å². The van der Waals surface area contributed by atoms with E-state index in [0.717, 1.165) is 0 Å². The van der Waals surface area contributed by atoms with Gasteiger partial charge in [-0.3, -0.25) is 0 Å². The highest BCUT2D eigenvalue weighted by molar-refractivity contribution is 7.00. The second-order valence-corrected chi connectivity index (χ2v) is 27.4. The van der Waals surface area contributed by atoms with Crippen molar-refractivity contribution in [2.75, 3.05) is 9.80 Å². The zero-order valence-electron chi connectivity index (χ0n) is 45.1. The van der Waals surface area contributed by atoms with Gasteiger partial charge >= 0.3 is 0 Å². The minimum absolute atomic E-state index is 0.0159. The number of fused-ring (bicyclic) bond motifs is 6. The Kier molecular flexibility index (Phi) is 10.3. The summed E-state index contributed by atoms with van der Waals surface area (Å²) in [6.45, 7) is 43.3. The van der Waals surface area contributed by atoms with Gasteiger partial charge in [-0.25, -0.2) is 0 Å². The van der Waals surface area contributed by atoms with Gasteiger partial charge in [0.2, 0.25) is 0 Å². The summed E-state index contributed by atoms with van der Waals surface area (Å²) in [5.41, 5.74) is 26.2. The van der Waals surface area contributed by atoms with Crippen molar-refractivity contribution >= 4 is 57.2 Å². The van der Waals surface area contributed by atoms with Gasteiger partial charge in [-0.2, -0.15) is 0 Å². The predicted molar refractivity (Wildman–Crippen MR) is 297 cm³/mol. The zero-order chi connectivity index (χ0) is 49.1. The quantitative estimate of drug-likeness (QED) is 0.163. The summed E-state index contributed by atoms with van der Waals surface area (Å²) in [5.74, 6) is 0. The standard InChI is InChI=1S/C65H79BN2/c1-40-33-56-58-57(34-40)68(53-27-23-43(60(5,6)7)35-46(53)41-19-21-42(22-20-41)59(2,3)4)54-28-24-44(61(8,9)10)36-51(54)66(58)52-38-49-50(65(17,18)32-31-64(49,15)16)39-55(52)67(56)45-25-26-47-48(37-45)63(13,14)30-29-62(47,11)12/h19-28,33-39H,29-32H2,1-18H3. The van der Waals surface area contributed by atoms with Gasteiger partial charge in [0.1, 0.15) is 0 Å². The predicted octanol–water partition coefficient (Wildman–Crippen LogP) is 16.3. The lowest BCUT2D eigenvalue weighted by atomic mass is 9.33. The van der Waals surface area contributed by atoms with Gasteiger partial charge in [0.25, 0.3) is 6.71 Å². The van der Waals surface area contributed by atoms with Crippen molar-refractivity contribution in [2.24, 2.45) is 0 Å². The Bertz CT molecular complexity index is 3030. The molecule has 10 rings (SSSR count). The molecule has 0 saturated heterocycles. The van der Waals surface area contributed by atoms with Crippen LogP contribution in [0, 0.1) is 6.92 Å². The summed E-state index contributed by atoms with van der Waals surface area (Å²) in [7, 11) is 0. The molecule has 6 aromatic carbocycles. The normalized spacial score (nSPS) is 18.6. The first-order valence-electron chi connectivity index (χ1n) is 26.0. The van der Waals surface area contributed by atoms with Crippen molar-refractivity contribution in [3.8, 4) is 11.1 Å². The van der Waals surface area contributed by atoms with E-state index in [1.807, 2.05) is 0 Å². The van der Waals surface area contributed by atoms with Crippen molar-refractivity contribution < 1.29 is 0 Å². The molecule has 4 aliphatic rings. The lowest BCUT2D eigenvalue weighted by Gasteiger charge is -2.48. The fourth-order valence-electron chi connectivity index (χ4n) is 12.5. The summed E-state index contributed by atoms with van der Waals surface area (Å²) in [6, 6.07) is 42.2. The molecule has 0 bridgehead atoms. The second-order valence-electron chi connectivity index (χ2n) is 27.4. The van der Waals surface area contributed by atoms with Crippen molar-refractivity contribution in [2.45, 2.75) is 188 Å². The van der Waals surface area contributed by atoms with Gasteiger partial charge in [-0.1, -0.05) is 172 Å². The van der Waals surface area contributed by atoms with Crippen LogP contribution in [0.2, 0.25) is 0 Å². The maximum absolute atomic E-state index is 2.71. The second kappa shape index (κ2) is 15.0. The highest BCUT2D eigenvalue weighted by atomic mass is 15.2. The van der Waals surface area contributed by atoms with Crippen LogP contribution in [-0.2, 0) is 37.9 Å². The van der Waals surface area contributed by atoms with Crippen LogP contribution in [0.25, 0.3) is 11.1 Å². The Balaban J connectivity index is 1.33. The molecule has 352 valence electrons. The molecule has 0 N–H and O–H groups in total. The van der Waals surface area contributed by atoms with E-state index in [1.165, 1.54) is 132 Å². The summed E-state index contributed by atoms with van der Waals surface area (Å²) in [6.07, 6.45) is 4.75. The number of rotatable bonds is 3. The molecule has 2 heterocycles. The van der Waals surface area contributed by atoms with Crippen LogP contribution in [0.5, 0.6) is 0 Å². The maximum Gasteiger partial charge on any atom is 0.252 e. The van der Waals surface area contributed by atoms with E-state index in [4.69, 9.17) is 0 Å². The first kappa shape index (κ1) is 46.7. The molecule has 2 aliphatic heterocycles. The van der Waals surface area contributed by atoms with Gasteiger partial charge in [0, 0.05) is 34.0 Å². The molecule has 0 amide bonds. The average Bonchev–Trinajstić information content (AvgIpc) is 3.25. The summed E-state index contributed by atoms with van der Waals surface area (Å²) in [5, 5.41) is 0. The first-order valence-corrected chi connectivity index (χ1v) is 26.0. The molecule has 2 nitrogen and oxygen atoms in total. The largest absolute Gasteiger partial charge is 0.311 e. The highest BCUT2D eigenvalue weighted by Gasteiger charge is 2.48. The number of hydrogen-bond acceptors (Lipinski definition) is 2. The lowest BCUT2D eigenvalue weighted by Crippen LogP contribution is -2.62. The van der Waals surface area contributed by atoms with Crippen LogP contribution in [0.4, 0.5) is 34.1 Å². The molecule has 2 aliphatic carbocycles. The zero-order valence-corrected chi connectivity index (χ0v) is 45.1. The molecule has 0 radical (unpaired) electrons. The Morgan fingerprint density at radius 1 is 0.397 bits per heavy atom. The van der Waals surface area contributed by atoms with E-state index in [9.17, 15) is 0 Å². The Hall–Kier alpha value is -5.02. The van der Waals surface area contributed by atoms with Gasteiger partial charge in [-0.15, -0.1) is 0 Å². The molecule has 0 atom stereocenters. The minimum atomic E-state index is -0.0281. The monoisotopic (exact) mass is 899 g/mol. The molecule has 0 saturated carbocycles. The van der Waals surface area contributed by atoms with E-state index >= 15 is 0 Å². The van der Waals surface area contributed by atoms with Gasteiger partial charge in [-0.05, 0) is 186 Å². The fraction of sp³-hybridized carbons (Fsp3) is 0.446. The molecule has 68 heavy (non-hydrogen) atoms. The van der Waals surface area contributed by atoms with E-state index in [2.05, 4.69) is 238 Å². The van der Waals surface area contributed by atoms with Crippen LogP contribution in [0.3, 0.4) is 0 Å². The van der Waals surface area contributed by atoms with Crippen LogP contribution in [0.1, 0.15) is 188 Å². The lowest BCUT2D eigenvalue weighted by molar-refractivity contribution is 0.332. The summed E-state index contributed by atoms with van der Waals surface area (Å²) in [4.78, 5) is 5.37. The Morgan fingerprint density at radius 3 is 1.41 bits per heavy atom. The van der Waals surface area contributed by atoms with E-state index in [0.29, 0.717) is 0 Å². The van der Waals surface area contributed by atoms with Gasteiger partial charge in [0.05, 0.1) is 5.69 Å². The number of hydrogen-bond donors (Lipinski definition) is 0. The number of aryl methyl sites for hydroxylation is 1. The average molecular weight is 899 g/mol. The van der Waals surface area contributed by atoms with Crippen LogP contribution in [0.15, 0.2) is 103 Å². The van der Waals surface area contributed by atoms with Gasteiger partial charge in [0.15, 0.2) is 0 Å². The van der Waals surface area contributed by atoms with Crippen LogP contribution >= 0.6 is 0 Å². The molecule has 0 aromatic heterocycles. The third kappa shape index (κ3) is 7.42. The van der Waals surface area contributed by atoms with Gasteiger partial charge < -0.3 is 9.80 Å². The Morgan fingerprint density at radius 2 is 0.853 bits per heavy atom. The molecular weight excluding hydrogens is 820 g/mol. The highest BCUT2D eigenvalue weighted by Crippen LogP contribution is 2.53. The Labute approximate surface area is 412 Å². The minimum Gasteiger partial charge on any atom is -0.311 e. The van der Waals surface area contributed by atoms with Crippen molar-refractivity contribution in [1.29, 1.82) is 0 Å². The van der Waals surface area contributed by atoms with Crippen molar-refractivity contribution in [3.63, 3.8) is 0 Å². The van der Waals surface area contributed by atoms with Crippen LogP contribution in [-0.4, -0.2) is 6.71 Å². The van der Waals surface area contributed by atoms with Crippen molar-refractivity contribution in [3.05, 3.63) is 148 Å². The van der Waals surface area contributed by atoms with E-state index in [-0.39, 0.29) is 44.6 Å².